The van der Waals surface area contributed by atoms with Crippen LogP contribution in [0.2, 0.25) is 0 Å². The van der Waals surface area contributed by atoms with Crippen LogP contribution < -0.4 is 4.74 Å². The monoisotopic (exact) mass is 446 g/mol. The molecule has 4 aromatic rings. The highest BCUT2D eigenvalue weighted by atomic mass is 19.1. The van der Waals surface area contributed by atoms with E-state index in [4.69, 9.17) is 9.47 Å². The highest BCUT2D eigenvalue weighted by Crippen LogP contribution is 2.40. The maximum absolute atomic E-state index is 14.6. The number of aryl methyl sites for hydroxylation is 1. The first-order valence-electron chi connectivity index (χ1n) is 10.8. The molecule has 0 unspecified atom stereocenters. The molecule has 0 aliphatic carbocycles. The van der Waals surface area contributed by atoms with E-state index in [1.54, 1.807) is 37.6 Å². The smallest absolute Gasteiger partial charge is 0.356 e. The van der Waals surface area contributed by atoms with Crippen molar-refractivity contribution >= 4 is 16.9 Å². The molecular formula is C27H27FN2O3. The number of carbonyl (C=O) groups excluding carboxylic acids is 1. The van der Waals surface area contributed by atoms with Gasteiger partial charge in [0.1, 0.15) is 17.1 Å². The Morgan fingerprint density at radius 1 is 1.09 bits per heavy atom. The molecule has 0 saturated heterocycles. The predicted molar refractivity (Wildman–Crippen MR) is 127 cm³/mol. The van der Waals surface area contributed by atoms with Crippen molar-refractivity contribution in [3.05, 3.63) is 83.4 Å². The highest BCUT2D eigenvalue weighted by molar-refractivity contribution is 6.09. The minimum atomic E-state index is -0.706. The van der Waals surface area contributed by atoms with E-state index in [-0.39, 0.29) is 12.4 Å². The van der Waals surface area contributed by atoms with Gasteiger partial charge < -0.3 is 14.0 Å². The normalized spacial score (nSPS) is 11.6. The quantitative estimate of drug-likeness (QED) is 0.344. The molecule has 33 heavy (non-hydrogen) atoms. The number of benzene rings is 2. The molecule has 170 valence electrons. The first-order chi connectivity index (χ1) is 15.7. The second-order valence-electron chi connectivity index (χ2n) is 8.98. The van der Waals surface area contributed by atoms with Crippen LogP contribution in [0.5, 0.6) is 5.88 Å². The van der Waals surface area contributed by atoms with E-state index < -0.39 is 11.6 Å². The molecule has 2 aromatic carbocycles. The molecule has 0 aliphatic rings. The first kappa shape index (κ1) is 22.5. The number of pyridine rings is 1. The molecule has 0 bridgehead atoms. The number of hydrogen-bond donors (Lipinski definition) is 0. The van der Waals surface area contributed by atoms with Crippen molar-refractivity contribution < 1.29 is 18.7 Å². The fraction of sp³-hybridized carbons (Fsp3) is 0.259. The number of rotatable bonds is 5. The molecule has 0 spiro atoms. The van der Waals surface area contributed by atoms with E-state index in [0.29, 0.717) is 28.3 Å². The number of methoxy groups -OCH3 is 1. The van der Waals surface area contributed by atoms with Crippen LogP contribution in [0.1, 0.15) is 42.4 Å². The Balaban J connectivity index is 2.08. The SMILES string of the molecule is COc1ncccc1-c1c(C(=O)OC(C)(C)C)n(Cc2ccccc2F)c2ccc(C)cc12. The lowest BCUT2D eigenvalue weighted by atomic mass is 10.0. The summed E-state index contributed by atoms with van der Waals surface area (Å²) in [6, 6.07) is 16.2. The molecule has 0 N–H and O–H groups in total. The molecule has 2 aromatic heterocycles. The summed E-state index contributed by atoms with van der Waals surface area (Å²) in [7, 11) is 1.54. The van der Waals surface area contributed by atoms with Crippen LogP contribution >= 0.6 is 0 Å². The lowest BCUT2D eigenvalue weighted by Gasteiger charge is -2.21. The maximum Gasteiger partial charge on any atom is 0.356 e. The molecule has 0 radical (unpaired) electrons. The van der Waals surface area contributed by atoms with Gasteiger partial charge >= 0.3 is 5.97 Å². The Hall–Kier alpha value is -3.67. The zero-order valence-electron chi connectivity index (χ0n) is 19.5. The standard InChI is InChI=1S/C27H27FN2O3/c1-17-12-13-22-20(15-17)23(19-10-8-14-29-25(19)32-5)24(26(31)33-27(2,3)4)30(22)16-18-9-6-7-11-21(18)28/h6-15H,16H2,1-5H3. The van der Waals surface area contributed by atoms with Gasteiger partial charge in [0, 0.05) is 33.8 Å². The summed E-state index contributed by atoms with van der Waals surface area (Å²) in [4.78, 5) is 17.9. The summed E-state index contributed by atoms with van der Waals surface area (Å²) in [5.41, 5.74) is 3.26. The van der Waals surface area contributed by atoms with Gasteiger partial charge in [-0.05, 0) is 58.0 Å². The second-order valence-corrected chi connectivity index (χ2v) is 8.98. The van der Waals surface area contributed by atoms with Crippen molar-refractivity contribution in [3.63, 3.8) is 0 Å². The molecule has 0 fully saturated rings. The first-order valence-corrected chi connectivity index (χ1v) is 10.8. The van der Waals surface area contributed by atoms with Gasteiger partial charge in [0.05, 0.1) is 13.7 Å². The van der Waals surface area contributed by atoms with E-state index in [1.807, 2.05) is 56.5 Å². The van der Waals surface area contributed by atoms with Gasteiger partial charge in [-0.1, -0.05) is 29.8 Å². The summed E-state index contributed by atoms with van der Waals surface area (Å²) in [5, 5.41) is 0.846. The Kier molecular flexibility index (Phi) is 5.93. The van der Waals surface area contributed by atoms with Gasteiger partial charge in [-0.2, -0.15) is 0 Å². The van der Waals surface area contributed by atoms with Crippen molar-refractivity contribution in [3.8, 4) is 17.0 Å². The zero-order valence-corrected chi connectivity index (χ0v) is 19.5. The number of ether oxygens (including phenoxy) is 2. The Labute approximate surface area is 192 Å². The zero-order chi connectivity index (χ0) is 23.8. The number of fused-ring (bicyclic) bond motifs is 1. The van der Waals surface area contributed by atoms with Gasteiger partial charge in [-0.15, -0.1) is 0 Å². The summed E-state index contributed by atoms with van der Waals surface area (Å²) in [6.07, 6.45) is 1.64. The number of carbonyl (C=O) groups is 1. The second kappa shape index (κ2) is 8.70. The molecule has 0 aliphatic heterocycles. The van der Waals surface area contributed by atoms with Crippen molar-refractivity contribution in [2.24, 2.45) is 0 Å². The van der Waals surface area contributed by atoms with Gasteiger partial charge in [0.2, 0.25) is 5.88 Å². The van der Waals surface area contributed by atoms with Crippen molar-refractivity contribution in [1.29, 1.82) is 0 Å². The van der Waals surface area contributed by atoms with Crippen LogP contribution in [-0.2, 0) is 11.3 Å². The Morgan fingerprint density at radius 2 is 1.85 bits per heavy atom. The molecular weight excluding hydrogens is 419 g/mol. The van der Waals surface area contributed by atoms with Crippen molar-refractivity contribution in [2.75, 3.05) is 7.11 Å². The molecule has 4 rings (SSSR count). The topological polar surface area (TPSA) is 53.4 Å². The molecule has 2 heterocycles. The molecule has 0 amide bonds. The number of hydrogen-bond acceptors (Lipinski definition) is 4. The summed E-state index contributed by atoms with van der Waals surface area (Å²) < 4.78 is 27.8. The van der Waals surface area contributed by atoms with E-state index in [9.17, 15) is 9.18 Å². The Morgan fingerprint density at radius 3 is 2.55 bits per heavy atom. The molecule has 0 atom stereocenters. The largest absolute Gasteiger partial charge is 0.481 e. The van der Waals surface area contributed by atoms with E-state index in [0.717, 1.165) is 16.5 Å². The summed E-state index contributed by atoms with van der Waals surface area (Å²) in [5.74, 6) is -0.426. The third-order valence-corrected chi connectivity index (χ3v) is 5.33. The van der Waals surface area contributed by atoms with Crippen LogP contribution in [-0.4, -0.2) is 28.2 Å². The van der Waals surface area contributed by atoms with Crippen molar-refractivity contribution in [2.45, 2.75) is 39.8 Å². The van der Waals surface area contributed by atoms with Crippen LogP contribution in [0.25, 0.3) is 22.0 Å². The van der Waals surface area contributed by atoms with Crippen LogP contribution in [0.15, 0.2) is 60.8 Å². The molecule has 5 nitrogen and oxygen atoms in total. The maximum atomic E-state index is 14.6. The number of halogens is 1. The minimum Gasteiger partial charge on any atom is -0.481 e. The van der Waals surface area contributed by atoms with E-state index in [1.165, 1.54) is 6.07 Å². The third kappa shape index (κ3) is 4.46. The van der Waals surface area contributed by atoms with E-state index in [2.05, 4.69) is 4.98 Å². The fourth-order valence-electron chi connectivity index (χ4n) is 3.98. The van der Waals surface area contributed by atoms with Gasteiger partial charge in [0.15, 0.2) is 0 Å². The van der Waals surface area contributed by atoms with Gasteiger partial charge in [0.25, 0.3) is 0 Å². The van der Waals surface area contributed by atoms with Crippen LogP contribution in [0.3, 0.4) is 0 Å². The third-order valence-electron chi connectivity index (χ3n) is 5.33. The summed E-state index contributed by atoms with van der Waals surface area (Å²) >= 11 is 0. The lowest BCUT2D eigenvalue weighted by Crippen LogP contribution is -2.26. The molecule has 0 saturated carbocycles. The number of esters is 1. The van der Waals surface area contributed by atoms with Gasteiger partial charge in [-0.25, -0.2) is 14.2 Å². The highest BCUT2D eigenvalue weighted by Gasteiger charge is 2.30. The predicted octanol–water partition coefficient (Wildman–Crippen LogP) is 6.16. The fourth-order valence-corrected chi connectivity index (χ4v) is 3.98. The van der Waals surface area contributed by atoms with E-state index >= 15 is 0 Å². The number of aromatic nitrogens is 2. The molecule has 6 heteroatoms. The average molecular weight is 447 g/mol. The summed E-state index contributed by atoms with van der Waals surface area (Å²) in [6.45, 7) is 7.63. The van der Waals surface area contributed by atoms with Crippen molar-refractivity contribution in [1.82, 2.24) is 9.55 Å². The minimum absolute atomic E-state index is 0.170. The van der Waals surface area contributed by atoms with Gasteiger partial charge in [-0.3, -0.25) is 0 Å². The number of nitrogens with zero attached hydrogens (tertiary/aromatic N) is 2. The van der Waals surface area contributed by atoms with Crippen LogP contribution in [0.4, 0.5) is 4.39 Å². The van der Waals surface area contributed by atoms with Crippen LogP contribution in [0, 0.1) is 12.7 Å². The lowest BCUT2D eigenvalue weighted by molar-refractivity contribution is 0.00596. The Bertz CT molecular complexity index is 1340. The average Bonchev–Trinajstić information content (AvgIpc) is 3.07.